The van der Waals surface area contributed by atoms with Crippen molar-refractivity contribution in [2.24, 2.45) is 28.6 Å². The summed E-state index contributed by atoms with van der Waals surface area (Å²) < 4.78 is 23.1. The summed E-state index contributed by atoms with van der Waals surface area (Å²) in [5.41, 5.74) is -5.35. The van der Waals surface area contributed by atoms with E-state index in [0.717, 1.165) is 0 Å². The lowest BCUT2D eigenvalue weighted by Crippen LogP contribution is -2.68. The molecule has 0 aliphatic heterocycles. The minimum atomic E-state index is -2.19. The Morgan fingerprint density at radius 1 is 1.24 bits per heavy atom. The molecule has 0 aromatic carbocycles. The van der Waals surface area contributed by atoms with Crippen LogP contribution in [0.2, 0.25) is 0 Å². The van der Waals surface area contributed by atoms with Crippen LogP contribution in [-0.4, -0.2) is 40.5 Å². The minimum absolute atomic E-state index is 0.153. The van der Waals surface area contributed by atoms with Crippen LogP contribution in [0.1, 0.15) is 66.2 Å². The van der Waals surface area contributed by atoms with Crippen LogP contribution in [0.5, 0.6) is 0 Å². The maximum absolute atomic E-state index is 17.1. The van der Waals surface area contributed by atoms with E-state index in [4.69, 9.17) is 16.3 Å². The third-order valence-electron chi connectivity index (χ3n) is 9.21. The van der Waals surface area contributed by atoms with Crippen LogP contribution in [0.25, 0.3) is 0 Å². The highest BCUT2D eigenvalue weighted by Gasteiger charge is 2.77. The van der Waals surface area contributed by atoms with Crippen molar-refractivity contribution in [2.45, 2.75) is 77.5 Å². The number of esters is 1. The topological polar surface area (TPSA) is 77.5 Å². The molecule has 7 atom stereocenters. The molecule has 33 heavy (non-hydrogen) atoms. The van der Waals surface area contributed by atoms with Crippen LogP contribution in [0, 0.1) is 28.6 Å². The van der Waals surface area contributed by atoms with E-state index in [2.05, 4.69) is 0 Å². The molecule has 0 spiro atoms. The van der Waals surface area contributed by atoms with Gasteiger partial charge in [0, 0.05) is 35.5 Å². The van der Waals surface area contributed by atoms with E-state index in [1.807, 2.05) is 13.8 Å². The Morgan fingerprint density at radius 3 is 2.58 bits per heavy atom. The average molecular weight is 479 g/mol. The SMILES string of the molecule is CCCC(=O)O[C@@]1(C(=O)CCl)[C@@H](C)C[C@H]2[C@@H]3CCC4=CC(=O)C=C[C@]4(C)[C@@]3(F)C(=O)C[C@@]21C. The van der Waals surface area contributed by atoms with E-state index >= 15 is 4.39 Å². The number of allylic oxidation sites excluding steroid dienone is 4. The van der Waals surface area contributed by atoms with Crippen molar-refractivity contribution in [2.75, 3.05) is 5.88 Å². The van der Waals surface area contributed by atoms with E-state index in [9.17, 15) is 19.2 Å². The highest BCUT2D eigenvalue weighted by Crippen LogP contribution is 2.70. The first-order valence-electron chi connectivity index (χ1n) is 11.9. The Hall–Kier alpha value is -1.82. The van der Waals surface area contributed by atoms with Gasteiger partial charge in [0.25, 0.3) is 0 Å². The Morgan fingerprint density at radius 2 is 1.94 bits per heavy atom. The molecule has 4 aliphatic carbocycles. The van der Waals surface area contributed by atoms with Crippen molar-refractivity contribution in [1.29, 1.82) is 0 Å². The lowest BCUT2D eigenvalue weighted by molar-refractivity contribution is -0.201. The van der Waals surface area contributed by atoms with Crippen LogP contribution in [0.15, 0.2) is 23.8 Å². The minimum Gasteiger partial charge on any atom is -0.450 e. The predicted octanol–water partition coefficient (Wildman–Crippen LogP) is 4.70. The average Bonchev–Trinajstić information content (AvgIpc) is 2.97. The highest BCUT2D eigenvalue weighted by molar-refractivity contribution is 6.29. The fourth-order valence-corrected chi connectivity index (χ4v) is 7.86. The van der Waals surface area contributed by atoms with Crippen molar-refractivity contribution in [1.82, 2.24) is 0 Å². The molecule has 0 bridgehead atoms. The summed E-state index contributed by atoms with van der Waals surface area (Å²) in [7, 11) is 0. The van der Waals surface area contributed by atoms with Gasteiger partial charge in [-0.05, 0) is 50.7 Å². The van der Waals surface area contributed by atoms with Gasteiger partial charge in [-0.1, -0.05) is 32.4 Å². The molecule has 0 aromatic heterocycles. The summed E-state index contributed by atoms with van der Waals surface area (Å²) >= 11 is 6.02. The predicted molar refractivity (Wildman–Crippen MR) is 121 cm³/mol. The molecular formula is C26H32ClFO5. The molecule has 4 aliphatic rings. The third-order valence-corrected chi connectivity index (χ3v) is 9.45. The van der Waals surface area contributed by atoms with Crippen molar-refractivity contribution >= 4 is 34.9 Å². The number of carbonyl (C=O) groups is 4. The van der Waals surface area contributed by atoms with E-state index in [0.29, 0.717) is 31.3 Å². The summed E-state index contributed by atoms with van der Waals surface area (Å²) in [4.78, 5) is 51.7. The molecule has 7 heteroatoms. The lowest BCUT2D eigenvalue weighted by Gasteiger charge is -2.59. The van der Waals surface area contributed by atoms with Gasteiger partial charge in [-0.2, -0.15) is 0 Å². The van der Waals surface area contributed by atoms with Gasteiger partial charge in [-0.15, -0.1) is 11.6 Å². The summed E-state index contributed by atoms with van der Waals surface area (Å²) in [5.74, 6) is -3.45. The Balaban J connectivity index is 1.84. The van der Waals surface area contributed by atoms with Gasteiger partial charge in [0.05, 0.1) is 5.88 Å². The summed E-state index contributed by atoms with van der Waals surface area (Å²) in [5, 5.41) is 0. The summed E-state index contributed by atoms with van der Waals surface area (Å²) in [6.45, 7) is 7.19. The van der Waals surface area contributed by atoms with E-state index in [1.54, 1.807) is 19.9 Å². The van der Waals surface area contributed by atoms with Crippen molar-refractivity contribution < 1.29 is 28.3 Å². The van der Waals surface area contributed by atoms with Crippen molar-refractivity contribution in [3.63, 3.8) is 0 Å². The quantitative estimate of drug-likeness (QED) is 0.422. The van der Waals surface area contributed by atoms with Crippen LogP contribution < -0.4 is 0 Å². The molecule has 180 valence electrons. The molecule has 5 nitrogen and oxygen atoms in total. The maximum Gasteiger partial charge on any atom is 0.306 e. The molecule has 0 unspecified atom stereocenters. The van der Waals surface area contributed by atoms with Crippen molar-refractivity contribution in [3.8, 4) is 0 Å². The zero-order valence-corrected chi connectivity index (χ0v) is 20.5. The highest BCUT2D eigenvalue weighted by atomic mass is 35.5. The van der Waals surface area contributed by atoms with Gasteiger partial charge in [0.2, 0.25) is 0 Å². The monoisotopic (exact) mass is 478 g/mol. The lowest BCUT2D eigenvalue weighted by atomic mass is 9.45. The zero-order valence-electron chi connectivity index (χ0n) is 19.7. The van der Waals surface area contributed by atoms with E-state index < -0.39 is 51.5 Å². The van der Waals surface area contributed by atoms with Gasteiger partial charge in [0.1, 0.15) is 0 Å². The first kappa shape index (κ1) is 24.3. The number of ketones is 3. The fourth-order valence-electron chi connectivity index (χ4n) is 7.66. The second-order valence-corrected chi connectivity index (χ2v) is 11.0. The standard InChI is InChI=1S/C26H32ClFO5/c1-5-6-22(32)33-26(21(31)14-27)15(2)11-19-18-8-7-16-12-17(29)9-10-23(16,3)25(18,28)20(30)13-24(19,26)4/h9-10,12,15,18-19H,5-8,11,13-14H2,1-4H3/t15-,18-,19-,23-,24-,25-,26+/m0/s1. The van der Waals surface area contributed by atoms with Gasteiger partial charge in [0.15, 0.2) is 28.6 Å². The number of hydrogen-bond donors (Lipinski definition) is 0. The summed E-state index contributed by atoms with van der Waals surface area (Å²) in [6, 6.07) is 0. The molecule has 0 saturated heterocycles. The molecule has 0 aromatic rings. The normalized spacial score (nSPS) is 43.9. The Bertz CT molecular complexity index is 987. The summed E-state index contributed by atoms with van der Waals surface area (Å²) in [6.07, 6.45) is 6.21. The van der Waals surface area contributed by atoms with Crippen LogP contribution >= 0.6 is 11.6 Å². The van der Waals surface area contributed by atoms with Gasteiger partial charge in [-0.25, -0.2) is 4.39 Å². The second-order valence-electron chi connectivity index (χ2n) is 10.7. The number of halogens is 2. The molecule has 0 amide bonds. The largest absolute Gasteiger partial charge is 0.450 e. The molecule has 3 fully saturated rings. The van der Waals surface area contributed by atoms with Crippen LogP contribution in [-0.2, 0) is 23.9 Å². The number of ether oxygens (including phenoxy) is 1. The number of alkyl halides is 2. The zero-order chi connectivity index (χ0) is 24.4. The first-order chi connectivity index (χ1) is 15.4. The number of Topliss-reactive ketones (excluding diaryl/α,β-unsaturated/α-hetero) is 2. The second kappa shape index (κ2) is 7.86. The fraction of sp³-hybridized carbons (Fsp3) is 0.692. The molecule has 0 N–H and O–H groups in total. The molecule has 0 radical (unpaired) electrons. The third kappa shape index (κ3) is 2.95. The molecule has 0 heterocycles. The molecule has 3 saturated carbocycles. The van der Waals surface area contributed by atoms with Gasteiger partial charge >= 0.3 is 5.97 Å². The number of rotatable bonds is 5. The van der Waals surface area contributed by atoms with Crippen molar-refractivity contribution in [3.05, 3.63) is 23.8 Å². The Labute approximate surface area is 199 Å². The number of fused-ring (bicyclic) bond motifs is 5. The van der Waals surface area contributed by atoms with E-state index in [1.165, 1.54) is 12.2 Å². The smallest absolute Gasteiger partial charge is 0.306 e. The number of carbonyl (C=O) groups excluding carboxylic acids is 4. The van der Waals surface area contributed by atoms with Gasteiger partial charge < -0.3 is 4.74 Å². The Kier molecular flexibility index (Phi) is 5.79. The molecule has 4 rings (SSSR count). The molecular weight excluding hydrogens is 447 g/mol. The van der Waals surface area contributed by atoms with Gasteiger partial charge in [-0.3, -0.25) is 19.2 Å². The number of hydrogen-bond acceptors (Lipinski definition) is 5. The maximum atomic E-state index is 17.1. The van der Waals surface area contributed by atoms with E-state index in [-0.39, 0.29) is 30.4 Å². The van der Waals surface area contributed by atoms with Crippen LogP contribution in [0.4, 0.5) is 4.39 Å². The van der Waals surface area contributed by atoms with Crippen LogP contribution in [0.3, 0.4) is 0 Å². The first-order valence-corrected chi connectivity index (χ1v) is 12.4.